The van der Waals surface area contributed by atoms with Crippen LogP contribution in [0.3, 0.4) is 0 Å². The second-order valence-corrected chi connectivity index (χ2v) is 6.76. The number of carbonyl (C=O) groups is 1. The van der Waals surface area contributed by atoms with E-state index in [9.17, 15) is 4.79 Å². The van der Waals surface area contributed by atoms with Crippen LogP contribution in [0.25, 0.3) is 0 Å². The van der Waals surface area contributed by atoms with E-state index in [0.717, 1.165) is 25.4 Å². The van der Waals surface area contributed by atoms with E-state index in [4.69, 9.17) is 4.74 Å². The van der Waals surface area contributed by atoms with E-state index in [0.29, 0.717) is 23.6 Å². The summed E-state index contributed by atoms with van der Waals surface area (Å²) in [5, 5.41) is 0. The number of hydrogen-bond acceptors (Lipinski definition) is 4. The van der Waals surface area contributed by atoms with E-state index in [-0.39, 0.29) is 5.91 Å². The van der Waals surface area contributed by atoms with E-state index < -0.39 is 0 Å². The number of rotatable bonds is 3. The summed E-state index contributed by atoms with van der Waals surface area (Å²) in [6.45, 7) is 2.64. The zero-order valence-corrected chi connectivity index (χ0v) is 14.0. The van der Waals surface area contributed by atoms with Crippen molar-refractivity contribution in [3.8, 4) is 5.75 Å². The molecule has 2 fully saturated rings. The topological polar surface area (TPSA) is 61.5 Å². The summed E-state index contributed by atoms with van der Waals surface area (Å²) < 4.78 is 5.26. The lowest BCUT2D eigenvalue weighted by molar-refractivity contribution is 0.0762. The molecule has 2 aliphatic rings. The van der Waals surface area contributed by atoms with Crippen LogP contribution < -0.4 is 4.74 Å². The van der Waals surface area contributed by atoms with Gasteiger partial charge in [0.25, 0.3) is 5.91 Å². The highest BCUT2D eigenvalue weighted by Crippen LogP contribution is 2.44. The fraction of sp³-hybridized carbons (Fsp3) is 0.444. The van der Waals surface area contributed by atoms with Gasteiger partial charge in [0.2, 0.25) is 0 Å². The van der Waals surface area contributed by atoms with Crippen LogP contribution in [-0.4, -0.2) is 59.5 Å². The molecular formula is C18H22N4O2. The van der Waals surface area contributed by atoms with Gasteiger partial charge >= 0.3 is 0 Å². The summed E-state index contributed by atoms with van der Waals surface area (Å²) in [5.74, 6) is 1.92. The summed E-state index contributed by atoms with van der Waals surface area (Å²) in [7, 11) is 3.86. The second-order valence-electron chi connectivity index (χ2n) is 6.76. The molecule has 0 radical (unpaired) electrons. The smallest absolute Gasteiger partial charge is 0.271 e. The zero-order valence-electron chi connectivity index (χ0n) is 14.0. The van der Waals surface area contributed by atoms with Crippen molar-refractivity contribution in [2.45, 2.75) is 6.04 Å². The number of amides is 1. The lowest BCUT2D eigenvalue weighted by Gasteiger charge is -2.26. The molecule has 2 aromatic rings. The summed E-state index contributed by atoms with van der Waals surface area (Å²) in [6, 6.07) is 8.65. The summed E-state index contributed by atoms with van der Waals surface area (Å²) in [4.78, 5) is 23.8. The number of aromatic nitrogens is 2. The molecule has 126 valence electrons. The van der Waals surface area contributed by atoms with E-state index >= 15 is 0 Å². The first kappa shape index (κ1) is 15.2. The highest BCUT2D eigenvalue weighted by molar-refractivity contribution is 5.92. The summed E-state index contributed by atoms with van der Waals surface area (Å²) >= 11 is 0. The summed E-state index contributed by atoms with van der Waals surface area (Å²) in [5.41, 5.74) is 1.87. The van der Waals surface area contributed by atoms with E-state index in [1.165, 1.54) is 5.56 Å². The molecule has 3 atom stereocenters. The quantitative estimate of drug-likeness (QED) is 0.934. The zero-order chi connectivity index (χ0) is 16.7. The number of ether oxygens (including phenoxy) is 1. The van der Waals surface area contributed by atoms with Crippen molar-refractivity contribution in [2.24, 2.45) is 11.8 Å². The molecule has 4 rings (SSSR count). The van der Waals surface area contributed by atoms with Crippen molar-refractivity contribution in [3.05, 3.63) is 48.0 Å². The molecule has 2 saturated heterocycles. The third-order valence-electron chi connectivity index (χ3n) is 5.37. The SMILES string of the molecule is COc1ccc([C@@H]2[C@@H]3CN(C(=O)c4cnc[nH]4)C[C@@H]3CN2C)cc1. The van der Waals surface area contributed by atoms with Gasteiger partial charge < -0.3 is 14.6 Å². The molecule has 0 saturated carbocycles. The molecule has 2 aliphatic heterocycles. The Hall–Kier alpha value is -2.34. The van der Waals surface area contributed by atoms with Crippen LogP contribution in [0.2, 0.25) is 0 Å². The first-order chi connectivity index (χ1) is 11.7. The maximum Gasteiger partial charge on any atom is 0.271 e. The van der Waals surface area contributed by atoms with Gasteiger partial charge in [-0.3, -0.25) is 9.69 Å². The molecule has 0 bridgehead atoms. The highest BCUT2D eigenvalue weighted by atomic mass is 16.5. The van der Waals surface area contributed by atoms with Gasteiger partial charge in [-0.25, -0.2) is 4.98 Å². The van der Waals surface area contributed by atoms with Gasteiger partial charge in [0.1, 0.15) is 11.4 Å². The van der Waals surface area contributed by atoms with Crippen molar-refractivity contribution in [2.75, 3.05) is 33.8 Å². The van der Waals surface area contributed by atoms with Crippen LogP contribution in [0, 0.1) is 11.8 Å². The van der Waals surface area contributed by atoms with Crippen LogP contribution in [0.4, 0.5) is 0 Å². The van der Waals surface area contributed by atoms with Crippen LogP contribution in [0.1, 0.15) is 22.1 Å². The Labute approximate surface area is 141 Å². The van der Waals surface area contributed by atoms with Crippen molar-refractivity contribution in [1.82, 2.24) is 19.8 Å². The number of nitrogens with one attached hydrogen (secondary N) is 1. The lowest BCUT2D eigenvalue weighted by Crippen LogP contribution is -2.33. The molecule has 1 N–H and O–H groups in total. The first-order valence-electron chi connectivity index (χ1n) is 8.29. The van der Waals surface area contributed by atoms with E-state index in [1.807, 2.05) is 17.0 Å². The number of hydrogen-bond donors (Lipinski definition) is 1. The second kappa shape index (κ2) is 5.94. The van der Waals surface area contributed by atoms with Gasteiger partial charge in [-0.2, -0.15) is 0 Å². The number of nitrogens with zero attached hydrogens (tertiary/aromatic N) is 3. The Morgan fingerprint density at radius 1 is 1.25 bits per heavy atom. The van der Waals surface area contributed by atoms with Crippen LogP contribution in [0.5, 0.6) is 5.75 Å². The van der Waals surface area contributed by atoms with Crippen molar-refractivity contribution >= 4 is 5.91 Å². The van der Waals surface area contributed by atoms with Crippen LogP contribution in [0.15, 0.2) is 36.8 Å². The third-order valence-corrected chi connectivity index (χ3v) is 5.37. The van der Waals surface area contributed by atoms with Gasteiger partial charge in [0.05, 0.1) is 19.6 Å². The van der Waals surface area contributed by atoms with Crippen LogP contribution >= 0.6 is 0 Å². The third kappa shape index (κ3) is 2.47. The molecule has 0 spiro atoms. The minimum Gasteiger partial charge on any atom is -0.497 e. The number of aromatic amines is 1. The predicted molar refractivity (Wildman–Crippen MR) is 89.8 cm³/mol. The number of benzene rings is 1. The molecule has 3 heterocycles. The number of H-pyrrole nitrogens is 1. The fourth-order valence-corrected chi connectivity index (χ4v) is 4.27. The highest BCUT2D eigenvalue weighted by Gasteiger charge is 2.47. The largest absolute Gasteiger partial charge is 0.497 e. The predicted octanol–water partition coefficient (Wildman–Crippen LogP) is 1.79. The fourth-order valence-electron chi connectivity index (χ4n) is 4.27. The van der Waals surface area contributed by atoms with Gasteiger partial charge in [0.15, 0.2) is 0 Å². The Kier molecular flexibility index (Phi) is 3.76. The number of carbonyl (C=O) groups excluding carboxylic acids is 1. The minimum atomic E-state index is 0.0537. The Balaban J connectivity index is 1.54. The number of likely N-dealkylation sites (tertiary alicyclic amines) is 2. The lowest BCUT2D eigenvalue weighted by atomic mass is 9.89. The molecule has 6 nitrogen and oxygen atoms in total. The maximum absolute atomic E-state index is 12.6. The number of fused-ring (bicyclic) bond motifs is 1. The molecule has 24 heavy (non-hydrogen) atoms. The molecule has 1 amide bonds. The molecule has 1 aromatic heterocycles. The van der Waals surface area contributed by atoms with Crippen molar-refractivity contribution in [3.63, 3.8) is 0 Å². The summed E-state index contributed by atoms with van der Waals surface area (Å²) in [6.07, 6.45) is 3.15. The molecule has 0 unspecified atom stereocenters. The van der Waals surface area contributed by atoms with Gasteiger partial charge in [0, 0.05) is 31.6 Å². The average molecular weight is 326 g/mol. The van der Waals surface area contributed by atoms with E-state index in [2.05, 4.69) is 34.0 Å². The maximum atomic E-state index is 12.6. The molecular weight excluding hydrogens is 304 g/mol. The van der Waals surface area contributed by atoms with Gasteiger partial charge in [-0.15, -0.1) is 0 Å². The molecule has 0 aliphatic carbocycles. The standard InChI is InChI=1S/C18H22N4O2/c1-21-8-13-9-22(18(23)16-7-19-11-20-16)10-15(13)17(21)12-3-5-14(24-2)6-4-12/h3-7,11,13,15,17H,8-10H2,1-2H3,(H,19,20)/t13-,15+,17+/m0/s1. The Morgan fingerprint density at radius 2 is 2.04 bits per heavy atom. The van der Waals surface area contributed by atoms with Crippen LogP contribution in [-0.2, 0) is 0 Å². The monoisotopic (exact) mass is 326 g/mol. The Morgan fingerprint density at radius 3 is 2.71 bits per heavy atom. The normalized spacial score (nSPS) is 26.6. The molecule has 1 aromatic carbocycles. The van der Waals surface area contributed by atoms with Gasteiger partial charge in [-0.05, 0) is 30.7 Å². The van der Waals surface area contributed by atoms with Crippen molar-refractivity contribution < 1.29 is 9.53 Å². The van der Waals surface area contributed by atoms with Gasteiger partial charge in [-0.1, -0.05) is 12.1 Å². The number of methoxy groups -OCH3 is 1. The first-order valence-corrected chi connectivity index (χ1v) is 8.29. The Bertz CT molecular complexity index is 713. The van der Waals surface area contributed by atoms with E-state index in [1.54, 1.807) is 19.6 Å². The van der Waals surface area contributed by atoms with Crippen molar-refractivity contribution in [1.29, 1.82) is 0 Å². The number of imidazole rings is 1. The average Bonchev–Trinajstić information content (AvgIpc) is 3.30. The molecule has 6 heteroatoms. The minimum absolute atomic E-state index is 0.0537.